The van der Waals surface area contributed by atoms with Crippen LogP contribution in [0.15, 0.2) is 23.5 Å². The summed E-state index contributed by atoms with van der Waals surface area (Å²) in [5.41, 5.74) is -2.66. The Morgan fingerprint density at radius 2 is 1.91 bits per heavy atom. The average Bonchev–Trinajstić information content (AvgIpc) is 3.39. The van der Waals surface area contributed by atoms with Crippen molar-refractivity contribution in [3.05, 3.63) is 56.8 Å². The molecule has 1 N–H and O–H groups in total. The molecule has 1 amide bonds. The van der Waals surface area contributed by atoms with E-state index in [1.807, 2.05) is 5.32 Å². The first-order valence-corrected chi connectivity index (χ1v) is 10.3. The highest BCUT2D eigenvalue weighted by Gasteiger charge is 2.63. The van der Waals surface area contributed by atoms with E-state index < -0.39 is 58.5 Å². The summed E-state index contributed by atoms with van der Waals surface area (Å²) >= 11 is 11.4. The van der Waals surface area contributed by atoms with E-state index in [2.05, 4.69) is 15.1 Å². The predicted octanol–water partition coefficient (Wildman–Crippen LogP) is 4.42. The van der Waals surface area contributed by atoms with Gasteiger partial charge in [-0.1, -0.05) is 28.4 Å². The standard InChI is InChI=1S/C19H13Cl2F6N5O2/c20-10-1-9(2-11(21)15(10)24)18(19(25,26)27)3-14(31-34-18)32-6-8-4-28-16(30-12(8)7-32)17(33)29-5-13(22)23/h1-2,4,13H,3,5-7H2,(H,29,33). The van der Waals surface area contributed by atoms with Gasteiger partial charge in [0.25, 0.3) is 17.9 Å². The van der Waals surface area contributed by atoms with E-state index in [9.17, 15) is 31.1 Å². The van der Waals surface area contributed by atoms with Gasteiger partial charge in [0.1, 0.15) is 5.84 Å². The van der Waals surface area contributed by atoms with Crippen LogP contribution in [0, 0.1) is 5.82 Å². The SMILES string of the molecule is O=C(NCC(F)F)c1ncc2c(n1)CN(C1=NOC(c3cc(Cl)c(F)c(Cl)c3)(C(F)(F)F)C1)C2. The van der Waals surface area contributed by atoms with E-state index >= 15 is 0 Å². The van der Waals surface area contributed by atoms with Crippen LogP contribution in [0.4, 0.5) is 26.3 Å². The van der Waals surface area contributed by atoms with Gasteiger partial charge in [-0.2, -0.15) is 13.2 Å². The second-order valence-electron chi connectivity index (χ2n) is 7.48. The second kappa shape index (κ2) is 8.77. The lowest BCUT2D eigenvalue weighted by molar-refractivity contribution is -0.275. The van der Waals surface area contributed by atoms with Crippen LogP contribution in [-0.2, 0) is 23.5 Å². The van der Waals surface area contributed by atoms with Gasteiger partial charge in [0.05, 0.1) is 35.2 Å². The molecular weight excluding hydrogens is 515 g/mol. The van der Waals surface area contributed by atoms with Gasteiger partial charge in [0, 0.05) is 23.9 Å². The van der Waals surface area contributed by atoms with Gasteiger partial charge in [-0.05, 0) is 12.1 Å². The minimum atomic E-state index is -4.97. The van der Waals surface area contributed by atoms with E-state index in [0.29, 0.717) is 11.3 Å². The number of carbonyl (C=O) groups excluding carboxylic acids is 1. The predicted molar refractivity (Wildman–Crippen MR) is 107 cm³/mol. The molecule has 0 aliphatic carbocycles. The molecule has 2 aliphatic heterocycles. The summed E-state index contributed by atoms with van der Waals surface area (Å²) in [5.74, 6) is -2.42. The maximum absolute atomic E-state index is 14.1. The fraction of sp³-hybridized carbons (Fsp3) is 0.368. The van der Waals surface area contributed by atoms with Gasteiger partial charge >= 0.3 is 6.18 Å². The number of nitrogens with zero attached hydrogens (tertiary/aromatic N) is 4. The fourth-order valence-corrected chi connectivity index (χ4v) is 4.03. The third-order valence-corrected chi connectivity index (χ3v) is 5.81. The van der Waals surface area contributed by atoms with Crippen molar-refractivity contribution in [3.63, 3.8) is 0 Å². The van der Waals surface area contributed by atoms with Crippen molar-refractivity contribution in [2.24, 2.45) is 5.16 Å². The van der Waals surface area contributed by atoms with Crippen molar-refractivity contribution >= 4 is 34.9 Å². The summed E-state index contributed by atoms with van der Waals surface area (Å²) in [6.07, 6.45) is -7.20. The molecule has 1 aromatic heterocycles. The van der Waals surface area contributed by atoms with E-state index in [0.717, 1.165) is 12.1 Å². The molecule has 34 heavy (non-hydrogen) atoms. The molecule has 2 aromatic rings. The second-order valence-corrected chi connectivity index (χ2v) is 8.29. The van der Waals surface area contributed by atoms with E-state index in [1.54, 1.807) is 0 Å². The number of alkyl halides is 5. The van der Waals surface area contributed by atoms with Crippen LogP contribution < -0.4 is 5.32 Å². The number of aromatic nitrogens is 2. The molecule has 2 aliphatic rings. The molecule has 15 heteroatoms. The third-order valence-electron chi connectivity index (χ3n) is 5.26. The van der Waals surface area contributed by atoms with Crippen LogP contribution in [0.25, 0.3) is 0 Å². The number of carbonyl (C=O) groups is 1. The molecule has 0 bridgehead atoms. The number of hydrogen-bond acceptors (Lipinski definition) is 6. The molecular formula is C19H13Cl2F6N5O2. The summed E-state index contributed by atoms with van der Waals surface area (Å²) in [6.45, 7) is -0.847. The zero-order valence-electron chi connectivity index (χ0n) is 16.8. The van der Waals surface area contributed by atoms with Crippen LogP contribution in [0.5, 0.6) is 0 Å². The molecule has 0 fully saturated rings. The summed E-state index contributed by atoms with van der Waals surface area (Å²) in [4.78, 5) is 26.1. The Labute approximate surface area is 197 Å². The summed E-state index contributed by atoms with van der Waals surface area (Å²) in [6, 6.07) is 1.56. The first kappa shape index (κ1) is 24.3. The van der Waals surface area contributed by atoms with E-state index in [1.165, 1.54) is 11.1 Å². The molecule has 0 saturated heterocycles. The maximum atomic E-state index is 14.1. The minimum Gasteiger partial charge on any atom is -0.372 e. The Morgan fingerprint density at radius 1 is 1.24 bits per heavy atom. The van der Waals surface area contributed by atoms with Crippen molar-refractivity contribution in [2.45, 2.75) is 37.7 Å². The summed E-state index contributed by atoms with van der Waals surface area (Å²) in [7, 11) is 0. The molecule has 1 aromatic carbocycles. The number of fused-ring (bicyclic) bond motifs is 1. The van der Waals surface area contributed by atoms with Crippen LogP contribution in [0.1, 0.15) is 33.9 Å². The maximum Gasteiger partial charge on any atom is 0.435 e. The molecule has 0 saturated carbocycles. The van der Waals surface area contributed by atoms with Crippen molar-refractivity contribution < 1.29 is 36.0 Å². The topological polar surface area (TPSA) is 79.7 Å². The minimum absolute atomic E-state index is 0.0337. The molecule has 3 heterocycles. The molecule has 0 spiro atoms. The molecule has 182 valence electrons. The van der Waals surface area contributed by atoms with Crippen molar-refractivity contribution in [3.8, 4) is 0 Å². The smallest absolute Gasteiger partial charge is 0.372 e. The number of amidine groups is 1. The number of rotatable bonds is 4. The Morgan fingerprint density at radius 3 is 2.53 bits per heavy atom. The average molecular weight is 528 g/mol. The Bertz CT molecular complexity index is 1160. The molecule has 4 rings (SSSR count). The van der Waals surface area contributed by atoms with Gasteiger partial charge in [0.15, 0.2) is 5.82 Å². The normalized spacial score (nSPS) is 19.8. The Balaban J connectivity index is 1.55. The number of hydrogen-bond donors (Lipinski definition) is 1. The van der Waals surface area contributed by atoms with Gasteiger partial charge in [-0.15, -0.1) is 0 Å². The highest BCUT2D eigenvalue weighted by atomic mass is 35.5. The van der Waals surface area contributed by atoms with E-state index in [-0.39, 0.29) is 24.7 Å². The molecule has 0 radical (unpaired) electrons. The lowest BCUT2D eigenvalue weighted by Crippen LogP contribution is -2.44. The van der Waals surface area contributed by atoms with Crippen molar-refractivity contribution in [1.29, 1.82) is 0 Å². The number of benzene rings is 1. The molecule has 1 unspecified atom stereocenters. The molecule has 1 atom stereocenters. The summed E-state index contributed by atoms with van der Waals surface area (Å²) < 4.78 is 80.8. The Kier molecular flexibility index (Phi) is 6.27. The monoisotopic (exact) mass is 527 g/mol. The first-order chi connectivity index (χ1) is 15.9. The number of halogens is 8. The highest BCUT2D eigenvalue weighted by molar-refractivity contribution is 6.35. The Hall–Kier alpha value is -2.80. The number of nitrogens with one attached hydrogen (secondary N) is 1. The van der Waals surface area contributed by atoms with Crippen molar-refractivity contribution in [1.82, 2.24) is 20.2 Å². The van der Waals surface area contributed by atoms with Crippen LogP contribution in [0.2, 0.25) is 10.0 Å². The lowest BCUT2D eigenvalue weighted by Gasteiger charge is -2.30. The van der Waals surface area contributed by atoms with Gasteiger partial charge in [-0.25, -0.2) is 23.1 Å². The van der Waals surface area contributed by atoms with Crippen LogP contribution in [0.3, 0.4) is 0 Å². The number of amides is 1. The van der Waals surface area contributed by atoms with Gasteiger partial charge in [-0.3, -0.25) is 4.79 Å². The van der Waals surface area contributed by atoms with E-state index in [4.69, 9.17) is 28.0 Å². The highest BCUT2D eigenvalue weighted by Crippen LogP contribution is 2.50. The quantitative estimate of drug-likeness (QED) is 0.470. The lowest BCUT2D eigenvalue weighted by atomic mass is 9.89. The molecule has 7 nitrogen and oxygen atoms in total. The first-order valence-electron chi connectivity index (χ1n) is 9.54. The van der Waals surface area contributed by atoms with Crippen LogP contribution in [-0.4, -0.2) is 45.8 Å². The fourth-order valence-electron chi connectivity index (χ4n) is 3.54. The zero-order valence-corrected chi connectivity index (χ0v) is 18.3. The third kappa shape index (κ3) is 4.33. The summed E-state index contributed by atoms with van der Waals surface area (Å²) in [5, 5.41) is 4.37. The van der Waals surface area contributed by atoms with Gasteiger partial charge < -0.3 is 15.1 Å². The van der Waals surface area contributed by atoms with Crippen LogP contribution >= 0.6 is 23.2 Å². The number of oxime groups is 1. The van der Waals surface area contributed by atoms with Gasteiger partial charge in [0.2, 0.25) is 5.82 Å². The largest absolute Gasteiger partial charge is 0.435 e. The van der Waals surface area contributed by atoms with Crippen molar-refractivity contribution in [2.75, 3.05) is 6.54 Å². The zero-order chi connectivity index (χ0) is 24.8.